The summed E-state index contributed by atoms with van der Waals surface area (Å²) in [4.78, 5) is 21.3. The Bertz CT molecular complexity index is 1200. The van der Waals surface area contributed by atoms with Crippen molar-refractivity contribution in [1.82, 2.24) is 0 Å². The zero-order chi connectivity index (χ0) is 25.9. The largest absolute Gasteiger partial charge is 2.00 e. The summed E-state index contributed by atoms with van der Waals surface area (Å²) in [7, 11) is 0. The van der Waals surface area contributed by atoms with Crippen LogP contribution < -0.4 is 19.7 Å². The molecule has 0 aromatic heterocycles. The number of benzene rings is 4. The molecule has 0 spiro atoms. The topological polar surface area (TPSA) is 98.7 Å². The number of carboxylic acid groups (broad SMARTS) is 2. The predicted molar refractivity (Wildman–Crippen MR) is 139 cm³/mol. The van der Waals surface area contributed by atoms with Gasteiger partial charge in [0.1, 0.15) is 23.0 Å². The van der Waals surface area contributed by atoms with Gasteiger partial charge in [-0.3, -0.25) is 0 Å². The fraction of sp³-hybridized carbons (Fsp3) is 0.133. The first-order valence-electron chi connectivity index (χ1n) is 11.4. The molecule has 4 rings (SSSR count). The Morgan fingerprint density at radius 3 is 1.24 bits per heavy atom. The van der Waals surface area contributed by atoms with Gasteiger partial charge >= 0.3 is 37.7 Å². The number of hydrogen-bond acceptors (Lipinski definition) is 6. The molecule has 0 heterocycles. The minimum absolute atomic E-state index is 0. The Morgan fingerprint density at radius 2 is 0.919 bits per heavy atom. The van der Waals surface area contributed by atoms with Crippen molar-refractivity contribution in [3.05, 3.63) is 119 Å². The zero-order valence-corrected chi connectivity index (χ0v) is 23.0. The van der Waals surface area contributed by atoms with E-state index >= 15 is 0 Å². The standard InChI is InChI=1S/2C15H14O3.Ca/c2*1-11-12(10-15(16)17)6-5-9-14(11)18-13-7-3-2-4-8-13;/h2*2-9H,10H2,1H3,(H,16,17);/q;;+2/p-2. The molecule has 6 nitrogen and oxygen atoms in total. The summed E-state index contributed by atoms with van der Waals surface area (Å²) in [6, 6.07) is 29.5. The molecule has 0 N–H and O–H groups in total. The fourth-order valence-corrected chi connectivity index (χ4v) is 3.47. The van der Waals surface area contributed by atoms with Gasteiger partial charge in [0, 0.05) is 24.8 Å². The van der Waals surface area contributed by atoms with Crippen LogP contribution in [0.2, 0.25) is 0 Å². The third kappa shape index (κ3) is 9.57. The van der Waals surface area contributed by atoms with E-state index in [1.165, 1.54) is 0 Å². The molecule has 0 atom stereocenters. The molecule has 0 unspecified atom stereocenters. The van der Waals surface area contributed by atoms with Crippen LogP contribution in [0.3, 0.4) is 0 Å². The van der Waals surface area contributed by atoms with Gasteiger partial charge in [-0.25, -0.2) is 0 Å². The fourth-order valence-electron chi connectivity index (χ4n) is 3.47. The SMILES string of the molecule is Cc1c(CC(=O)[O-])cccc1Oc1ccccc1.Cc1c(CC(=O)[O-])cccc1Oc1ccccc1.[Ca+2]. The molecule has 7 heteroatoms. The number of aliphatic carboxylic acids is 2. The van der Waals surface area contributed by atoms with E-state index in [0.29, 0.717) is 22.6 Å². The van der Waals surface area contributed by atoms with Gasteiger partial charge in [0.05, 0.1) is 0 Å². The van der Waals surface area contributed by atoms with Gasteiger partial charge in [-0.2, -0.15) is 0 Å². The second-order valence-corrected chi connectivity index (χ2v) is 8.01. The number of hydrogen-bond donors (Lipinski definition) is 0. The maximum atomic E-state index is 10.6. The first kappa shape index (κ1) is 29.9. The molecule has 0 amide bonds. The Hall–Kier alpha value is -3.32. The van der Waals surface area contributed by atoms with Crippen LogP contribution in [0, 0.1) is 13.8 Å². The van der Waals surface area contributed by atoms with E-state index in [4.69, 9.17) is 9.47 Å². The van der Waals surface area contributed by atoms with Gasteiger partial charge < -0.3 is 29.3 Å². The number of rotatable bonds is 8. The van der Waals surface area contributed by atoms with Crippen LogP contribution in [0.25, 0.3) is 0 Å². The van der Waals surface area contributed by atoms with E-state index in [1.54, 1.807) is 24.3 Å². The molecule has 0 radical (unpaired) electrons. The summed E-state index contributed by atoms with van der Waals surface area (Å²) in [6.45, 7) is 3.69. The maximum absolute atomic E-state index is 10.6. The molecular formula is C30H26CaO6. The quantitative estimate of drug-likeness (QED) is 0.327. The predicted octanol–water partition coefficient (Wildman–Crippen LogP) is 3.78. The van der Waals surface area contributed by atoms with E-state index in [1.807, 2.05) is 86.6 Å². The van der Waals surface area contributed by atoms with Crippen molar-refractivity contribution < 1.29 is 29.3 Å². The van der Waals surface area contributed by atoms with Crippen LogP contribution in [0.1, 0.15) is 22.3 Å². The number of para-hydroxylation sites is 2. The number of ether oxygens (including phenoxy) is 2. The summed E-state index contributed by atoms with van der Waals surface area (Å²) >= 11 is 0. The van der Waals surface area contributed by atoms with Gasteiger partial charge in [-0.05, 0) is 72.5 Å². The third-order valence-electron chi connectivity index (χ3n) is 5.40. The Labute approximate surface area is 246 Å². The van der Waals surface area contributed by atoms with Crippen LogP contribution in [0.5, 0.6) is 23.0 Å². The van der Waals surface area contributed by atoms with Gasteiger partial charge in [0.2, 0.25) is 0 Å². The van der Waals surface area contributed by atoms with Crippen LogP contribution in [0.15, 0.2) is 97.1 Å². The maximum Gasteiger partial charge on any atom is 2.00 e. The summed E-state index contributed by atoms with van der Waals surface area (Å²) in [5.74, 6) is 0.613. The molecule has 0 fully saturated rings. The van der Waals surface area contributed by atoms with Gasteiger partial charge in [-0.15, -0.1) is 0 Å². The van der Waals surface area contributed by atoms with Crippen LogP contribution in [0.4, 0.5) is 0 Å². The molecule has 0 aliphatic carbocycles. The third-order valence-corrected chi connectivity index (χ3v) is 5.40. The Kier molecular flexibility index (Phi) is 12.2. The van der Waals surface area contributed by atoms with Gasteiger partial charge in [0.25, 0.3) is 0 Å². The minimum atomic E-state index is -1.09. The molecular weight excluding hydrogens is 496 g/mol. The second-order valence-electron chi connectivity index (χ2n) is 8.01. The molecule has 0 aliphatic rings. The molecule has 184 valence electrons. The first-order chi connectivity index (χ1) is 17.3. The van der Waals surface area contributed by atoms with E-state index in [9.17, 15) is 19.8 Å². The van der Waals surface area contributed by atoms with E-state index in [-0.39, 0.29) is 50.6 Å². The summed E-state index contributed by atoms with van der Waals surface area (Å²) < 4.78 is 11.4. The summed E-state index contributed by atoms with van der Waals surface area (Å²) in [6.07, 6.45) is -0.199. The van der Waals surface area contributed by atoms with Crippen LogP contribution in [-0.4, -0.2) is 49.7 Å². The van der Waals surface area contributed by atoms with Crippen LogP contribution in [-0.2, 0) is 22.4 Å². The van der Waals surface area contributed by atoms with E-state index < -0.39 is 11.9 Å². The smallest absolute Gasteiger partial charge is 0.550 e. The van der Waals surface area contributed by atoms with E-state index in [0.717, 1.165) is 22.6 Å². The molecule has 4 aromatic carbocycles. The monoisotopic (exact) mass is 522 g/mol. The van der Waals surface area contributed by atoms with Crippen molar-refractivity contribution >= 4 is 49.7 Å². The van der Waals surface area contributed by atoms with Crippen molar-refractivity contribution in [3.63, 3.8) is 0 Å². The van der Waals surface area contributed by atoms with Crippen molar-refractivity contribution in [2.75, 3.05) is 0 Å². The molecule has 0 aliphatic heterocycles. The van der Waals surface area contributed by atoms with Crippen molar-refractivity contribution in [3.8, 4) is 23.0 Å². The molecule has 0 saturated heterocycles. The number of carbonyl (C=O) groups excluding carboxylic acids is 2. The average molecular weight is 523 g/mol. The van der Waals surface area contributed by atoms with Crippen molar-refractivity contribution in [2.24, 2.45) is 0 Å². The van der Waals surface area contributed by atoms with Crippen LogP contribution >= 0.6 is 0 Å². The minimum Gasteiger partial charge on any atom is -0.550 e. The van der Waals surface area contributed by atoms with Crippen molar-refractivity contribution in [2.45, 2.75) is 26.7 Å². The van der Waals surface area contributed by atoms with Gasteiger partial charge in [-0.1, -0.05) is 60.7 Å². The molecule has 0 saturated carbocycles. The van der Waals surface area contributed by atoms with E-state index in [2.05, 4.69) is 0 Å². The normalized spacial score (nSPS) is 9.78. The second kappa shape index (κ2) is 15.1. The summed E-state index contributed by atoms with van der Waals surface area (Å²) in [5, 5.41) is 21.3. The van der Waals surface area contributed by atoms with Gasteiger partial charge in [0.15, 0.2) is 0 Å². The average Bonchev–Trinajstić information content (AvgIpc) is 2.85. The number of carboxylic acids is 2. The molecule has 4 aromatic rings. The Balaban J connectivity index is 0.000000253. The summed E-state index contributed by atoms with van der Waals surface area (Å²) in [5.41, 5.74) is 3.07. The first-order valence-corrected chi connectivity index (χ1v) is 11.4. The Morgan fingerprint density at radius 1 is 0.568 bits per heavy atom. The molecule has 0 bridgehead atoms. The zero-order valence-electron chi connectivity index (χ0n) is 20.8. The van der Waals surface area contributed by atoms with Crippen molar-refractivity contribution in [1.29, 1.82) is 0 Å². The molecule has 37 heavy (non-hydrogen) atoms. The number of carbonyl (C=O) groups is 2.